The number of anilines is 1. The first-order chi connectivity index (χ1) is 9.26. The zero-order valence-corrected chi connectivity index (χ0v) is 11.7. The molecular formula is C13H15N5S. The van der Waals surface area contributed by atoms with E-state index in [2.05, 4.69) is 21.6 Å². The molecule has 2 aromatic rings. The normalized spacial score (nSPS) is 10.2. The van der Waals surface area contributed by atoms with Crippen LogP contribution in [0.15, 0.2) is 29.4 Å². The van der Waals surface area contributed by atoms with Gasteiger partial charge in [-0.05, 0) is 18.4 Å². The number of benzene rings is 1. The Bertz CT molecular complexity index is 599. The largest absolute Gasteiger partial charge is 0.383 e. The Morgan fingerprint density at radius 1 is 1.47 bits per heavy atom. The smallest absolute Gasteiger partial charge is 0.134 e. The third-order valence-electron chi connectivity index (χ3n) is 2.83. The number of nitrogens with one attached hydrogen (secondary N) is 1. The standard InChI is InChI=1S/C13H15N5S/c1-18-9-16-17-13(18)6-7-15-11-4-3-5-12(19-2)10(11)8-14/h3-5,9,15H,6-7H2,1-2H3. The summed E-state index contributed by atoms with van der Waals surface area (Å²) in [7, 11) is 1.92. The molecule has 2 rings (SSSR count). The van der Waals surface area contributed by atoms with E-state index in [1.165, 1.54) is 0 Å². The van der Waals surface area contributed by atoms with Gasteiger partial charge in [0.1, 0.15) is 18.2 Å². The molecule has 5 nitrogen and oxygen atoms in total. The van der Waals surface area contributed by atoms with Crippen LogP contribution < -0.4 is 5.32 Å². The fraction of sp³-hybridized carbons (Fsp3) is 0.308. The van der Waals surface area contributed by atoms with E-state index in [0.29, 0.717) is 5.56 Å². The predicted octanol–water partition coefficient (Wildman–Crippen LogP) is 2.06. The number of rotatable bonds is 5. The van der Waals surface area contributed by atoms with Crippen LogP contribution in [0.1, 0.15) is 11.4 Å². The van der Waals surface area contributed by atoms with Gasteiger partial charge in [0.2, 0.25) is 0 Å². The Morgan fingerprint density at radius 2 is 2.32 bits per heavy atom. The van der Waals surface area contributed by atoms with Crippen molar-refractivity contribution < 1.29 is 0 Å². The summed E-state index contributed by atoms with van der Waals surface area (Å²) >= 11 is 1.58. The molecule has 0 fully saturated rings. The highest BCUT2D eigenvalue weighted by molar-refractivity contribution is 7.98. The number of aromatic nitrogens is 3. The van der Waals surface area contributed by atoms with Gasteiger partial charge in [0.25, 0.3) is 0 Å². The van der Waals surface area contributed by atoms with E-state index >= 15 is 0 Å². The van der Waals surface area contributed by atoms with Crippen LogP contribution in [0, 0.1) is 11.3 Å². The van der Waals surface area contributed by atoms with Crippen molar-refractivity contribution in [3.63, 3.8) is 0 Å². The lowest BCUT2D eigenvalue weighted by Crippen LogP contribution is -2.09. The van der Waals surface area contributed by atoms with Crippen molar-refractivity contribution >= 4 is 17.4 Å². The van der Waals surface area contributed by atoms with Crippen molar-refractivity contribution in [1.82, 2.24) is 14.8 Å². The predicted molar refractivity (Wildman–Crippen MR) is 76.1 cm³/mol. The first kappa shape index (κ1) is 13.4. The lowest BCUT2D eigenvalue weighted by Gasteiger charge is -2.10. The van der Waals surface area contributed by atoms with Gasteiger partial charge in [-0.15, -0.1) is 22.0 Å². The molecule has 0 bridgehead atoms. The van der Waals surface area contributed by atoms with Gasteiger partial charge in [-0.2, -0.15) is 5.26 Å². The quantitative estimate of drug-likeness (QED) is 0.845. The number of hydrogen-bond donors (Lipinski definition) is 1. The highest BCUT2D eigenvalue weighted by Crippen LogP contribution is 2.26. The molecule has 0 atom stereocenters. The molecule has 19 heavy (non-hydrogen) atoms. The van der Waals surface area contributed by atoms with Crippen LogP contribution >= 0.6 is 11.8 Å². The maximum absolute atomic E-state index is 9.23. The Hall–Kier alpha value is -2.00. The monoisotopic (exact) mass is 273 g/mol. The van der Waals surface area contributed by atoms with E-state index in [4.69, 9.17) is 0 Å². The molecule has 0 aliphatic carbocycles. The zero-order valence-electron chi connectivity index (χ0n) is 10.9. The van der Waals surface area contributed by atoms with Gasteiger partial charge in [0.05, 0.1) is 11.3 Å². The topological polar surface area (TPSA) is 66.5 Å². The van der Waals surface area contributed by atoms with Crippen molar-refractivity contribution in [3.8, 4) is 6.07 Å². The maximum Gasteiger partial charge on any atom is 0.134 e. The molecule has 6 heteroatoms. The van der Waals surface area contributed by atoms with Gasteiger partial charge in [-0.25, -0.2) is 0 Å². The molecule has 1 aromatic carbocycles. The number of aryl methyl sites for hydroxylation is 1. The molecule has 1 aromatic heterocycles. The van der Waals surface area contributed by atoms with Crippen LogP contribution in [-0.2, 0) is 13.5 Å². The SMILES string of the molecule is CSc1cccc(NCCc2nncn2C)c1C#N. The summed E-state index contributed by atoms with van der Waals surface area (Å²) in [5.74, 6) is 0.923. The van der Waals surface area contributed by atoms with Gasteiger partial charge >= 0.3 is 0 Å². The molecule has 0 aliphatic rings. The van der Waals surface area contributed by atoms with Crippen LogP contribution in [0.2, 0.25) is 0 Å². The van der Waals surface area contributed by atoms with Crippen LogP contribution in [-0.4, -0.2) is 27.6 Å². The molecule has 1 N–H and O–H groups in total. The van der Waals surface area contributed by atoms with Crippen molar-refractivity contribution in [3.05, 3.63) is 35.9 Å². The molecule has 0 spiro atoms. The van der Waals surface area contributed by atoms with Gasteiger partial charge in [0, 0.05) is 24.9 Å². The summed E-state index contributed by atoms with van der Waals surface area (Å²) in [6, 6.07) is 8.09. The van der Waals surface area contributed by atoms with Gasteiger partial charge < -0.3 is 9.88 Å². The summed E-state index contributed by atoms with van der Waals surface area (Å²) < 4.78 is 1.89. The lowest BCUT2D eigenvalue weighted by atomic mass is 10.2. The molecule has 0 saturated carbocycles. The van der Waals surface area contributed by atoms with Crippen LogP contribution in [0.4, 0.5) is 5.69 Å². The van der Waals surface area contributed by atoms with Crippen molar-refractivity contribution in [1.29, 1.82) is 5.26 Å². The van der Waals surface area contributed by atoms with Crippen LogP contribution in [0.3, 0.4) is 0 Å². The molecule has 0 saturated heterocycles. The van der Waals surface area contributed by atoms with Crippen LogP contribution in [0.5, 0.6) is 0 Å². The van der Waals surface area contributed by atoms with E-state index < -0.39 is 0 Å². The van der Waals surface area contributed by atoms with E-state index in [0.717, 1.165) is 29.4 Å². The maximum atomic E-state index is 9.23. The Kier molecular flexibility index (Phi) is 4.42. The third-order valence-corrected chi connectivity index (χ3v) is 3.61. The minimum atomic E-state index is 0.702. The first-order valence-electron chi connectivity index (χ1n) is 5.90. The fourth-order valence-electron chi connectivity index (χ4n) is 1.81. The lowest BCUT2D eigenvalue weighted by molar-refractivity contribution is 0.788. The van der Waals surface area contributed by atoms with E-state index in [9.17, 15) is 5.26 Å². The number of hydrogen-bond acceptors (Lipinski definition) is 5. The second-order valence-corrected chi connectivity index (χ2v) is 4.88. The Morgan fingerprint density at radius 3 is 2.95 bits per heavy atom. The highest BCUT2D eigenvalue weighted by atomic mass is 32.2. The van der Waals surface area contributed by atoms with Gasteiger partial charge in [-0.1, -0.05) is 6.07 Å². The van der Waals surface area contributed by atoms with Gasteiger partial charge in [-0.3, -0.25) is 0 Å². The minimum absolute atomic E-state index is 0.702. The molecule has 0 radical (unpaired) electrons. The van der Waals surface area contributed by atoms with Crippen molar-refractivity contribution in [2.75, 3.05) is 18.1 Å². The van der Waals surface area contributed by atoms with Crippen molar-refractivity contribution in [2.24, 2.45) is 7.05 Å². The zero-order chi connectivity index (χ0) is 13.7. The highest BCUT2D eigenvalue weighted by Gasteiger charge is 2.07. The van der Waals surface area contributed by atoms with E-state index in [-0.39, 0.29) is 0 Å². The average molecular weight is 273 g/mol. The summed E-state index contributed by atoms with van der Waals surface area (Å²) in [6.07, 6.45) is 4.43. The third kappa shape index (κ3) is 3.06. The summed E-state index contributed by atoms with van der Waals surface area (Å²) in [5.41, 5.74) is 1.57. The molecule has 98 valence electrons. The van der Waals surface area contributed by atoms with Gasteiger partial charge in [0.15, 0.2) is 0 Å². The summed E-state index contributed by atoms with van der Waals surface area (Å²) in [5, 5.41) is 20.4. The Balaban J connectivity index is 2.04. The van der Waals surface area contributed by atoms with E-state index in [1.54, 1.807) is 18.1 Å². The molecule has 0 unspecified atom stereocenters. The first-order valence-corrected chi connectivity index (χ1v) is 7.12. The number of nitrogens with zero attached hydrogens (tertiary/aromatic N) is 4. The second kappa shape index (κ2) is 6.25. The molecule has 0 amide bonds. The van der Waals surface area contributed by atoms with Crippen molar-refractivity contribution in [2.45, 2.75) is 11.3 Å². The molecular weight excluding hydrogens is 258 g/mol. The van der Waals surface area contributed by atoms with Crippen LogP contribution in [0.25, 0.3) is 0 Å². The fourth-order valence-corrected chi connectivity index (χ4v) is 2.38. The second-order valence-electron chi connectivity index (χ2n) is 4.03. The summed E-state index contributed by atoms with van der Waals surface area (Å²) in [4.78, 5) is 0.992. The minimum Gasteiger partial charge on any atom is -0.383 e. The number of thioether (sulfide) groups is 1. The summed E-state index contributed by atoms with van der Waals surface area (Å²) in [6.45, 7) is 0.721. The average Bonchev–Trinajstić information content (AvgIpc) is 2.84. The number of nitriles is 1. The molecule has 0 aliphatic heterocycles. The molecule has 1 heterocycles. The Labute approximate surface area is 116 Å². The van der Waals surface area contributed by atoms with E-state index in [1.807, 2.05) is 36.1 Å².